The summed E-state index contributed by atoms with van der Waals surface area (Å²) in [4.78, 5) is 28.6. The Kier molecular flexibility index (Phi) is 7.12. The average molecular weight is 551 g/mol. The van der Waals surface area contributed by atoms with Crippen molar-refractivity contribution in [1.82, 2.24) is 19.9 Å². The minimum atomic E-state index is -0.117. The number of fused-ring (bicyclic) bond motifs is 2. The maximum atomic E-state index is 12.6. The van der Waals surface area contributed by atoms with Crippen molar-refractivity contribution in [2.75, 3.05) is 49.6 Å². The van der Waals surface area contributed by atoms with Gasteiger partial charge in [-0.25, -0.2) is 9.97 Å². The van der Waals surface area contributed by atoms with E-state index in [0.29, 0.717) is 19.3 Å². The van der Waals surface area contributed by atoms with Crippen LogP contribution in [0.5, 0.6) is 11.5 Å². The molecule has 9 nitrogen and oxygen atoms in total. The number of nitrogens with one attached hydrogen (secondary N) is 2. The van der Waals surface area contributed by atoms with Gasteiger partial charge in [-0.3, -0.25) is 9.69 Å². The third-order valence-electron chi connectivity index (χ3n) is 8.22. The number of rotatable bonds is 6. The van der Waals surface area contributed by atoms with Gasteiger partial charge in [0.25, 0.3) is 0 Å². The number of aromatic amines is 1. The van der Waals surface area contributed by atoms with Crippen LogP contribution in [0.15, 0.2) is 72.0 Å². The summed E-state index contributed by atoms with van der Waals surface area (Å²) in [7, 11) is 0. The zero-order valence-electron chi connectivity index (χ0n) is 23.0. The molecule has 2 N–H and O–H groups in total. The van der Waals surface area contributed by atoms with Crippen LogP contribution >= 0.6 is 0 Å². The summed E-state index contributed by atoms with van der Waals surface area (Å²) in [6, 6.07) is 16.7. The van der Waals surface area contributed by atoms with Crippen LogP contribution in [0.4, 0.5) is 11.4 Å². The lowest BCUT2D eigenvalue weighted by Gasteiger charge is -2.33. The molecule has 9 heteroatoms. The van der Waals surface area contributed by atoms with E-state index in [1.54, 1.807) is 12.4 Å². The van der Waals surface area contributed by atoms with Gasteiger partial charge in [0.15, 0.2) is 0 Å². The standard InChI is InChI=1S/C32H34N6O3/c39-31-17-27(38-10-12-40-13-11-38)16-29(36-31)28-3-1-2-23-14-24-15-26(4-5-30(24)41-32(23)28)35-25-6-8-37(9-7-25)20-22-18-33-21-34-19-22/h1-5,15-19,21,25,35H,6-14,20H2,(H,36,39). The zero-order valence-corrected chi connectivity index (χ0v) is 23.0. The molecule has 0 radical (unpaired) electrons. The van der Waals surface area contributed by atoms with Crippen LogP contribution in [0.25, 0.3) is 11.3 Å². The lowest BCUT2D eigenvalue weighted by Crippen LogP contribution is -2.38. The number of benzene rings is 2. The second-order valence-corrected chi connectivity index (χ2v) is 11.1. The van der Waals surface area contributed by atoms with Crippen LogP contribution < -0.4 is 20.5 Å². The fourth-order valence-electron chi connectivity index (χ4n) is 6.10. The average Bonchev–Trinajstić information content (AvgIpc) is 3.01. The summed E-state index contributed by atoms with van der Waals surface area (Å²) in [5.74, 6) is 1.67. The van der Waals surface area contributed by atoms with E-state index in [4.69, 9.17) is 9.47 Å². The molecule has 2 fully saturated rings. The summed E-state index contributed by atoms with van der Waals surface area (Å²) >= 11 is 0. The van der Waals surface area contributed by atoms with E-state index in [-0.39, 0.29) is 5.56 Å². The van der Waals surface area contributed by atoms with Gasteiger partial charge in [-0.1, -0.05) is 12.1 Å². The second-order valence-electron chi connectivity index (χ2n) is 11.1. The first-order chi connectivity index (χ1) is 20.2. The molecule has 210 valence electrons. The molecule has 0 aliphatic carbocycles. The lowest BCUT2D eigenvalue weighted by molar-refractivity contribution is 0.122. The van der Waals surface area contributed by atoms with Gasteiger partial charge in [0, 0.05) is 91.7 Å². The molecule has 0 unspecified atom stereocenters. The van der Waals surface area contributed by atoms with Crippen LogP contribution in [0, 0.1) is 0 Å². The van der Waals surface area contributed by atoms with Crippen molar-refractivity contribution in [3.8, 4) is 22.8 Å². The number of nitrogens with zero attached hydrogens (tertiary/aromatic N) is 4. The number of ether oxygens (including phenoxy) is 2. The van der Waals surface area contributed by atoms with Crippen LogP contribution in [0.1, 0.15) is 29.5 Å². The molecule has 0 bridgehead atoms. The van der Waals surface area contributed by atoms with Gasteiger partial charge in [0.05, 0.1) is 18.9 Å². The van der Waals surface area contributed by atoms with Gasteiger partial charge < -0.3 is 24.7 Å². The molecule has 2 aromatic carbocycles. The maximum Gasteiger partial charge on any atom is 0.250 e. The topological polar surface area (TPSA) is 95.6 Å². The minimum absolute atomic E-state index is 0.117. The van der Waals surface area contributed by atoms with Crippen LogP contribution in [0.2, 0.25) is 0 Å². The van der Waals surface area contributed by atoms with Gasteiger partial charge in [0.2, 0.25) is 5.56 Å². The summed E-state index contributed by atoms with van der Waals surface area (Å²) < 4.78 is 12.0. The van der Waals surface area contributed by atoms with E-state index in [1.165, 1.54) is 0 Å². The van der Waals surface area contributed by atoms with E-state index >= 15 is 0 Å². The normalized spacial score (nSPS) is 17.4. The fraction of sp³-hybridized carbons (Fsp3) is 0.344. The molecule has 3 aliphatic heterocycles. The third-order valence-corrected chi connectivity index (χ3v) is 8.22. The minimum Gasteiger partial charge on any atom is -0.456 e. The van der Waals surface area contributed by atoms with Gasteiger partial charge >= 0.3 is 0 Å². The van der Waals surface area contributed by atoms with Crippen molar-refractivity contribution in [1.29, 1.82) is 0 Å². The molecular weight excluding hydrogens is 516 g/mol. The van der Waals surface area contributed by atoms with Crippen molar-refractivity contribution in [3.05, 3.63) is 94.3 Å². The number of pyridine rings is 1. The Bertz CT molecular complexity index is 1580. The van der Waals surface area contributed by atoms with Crippen molar-refractivity contribution in [3.63, 3.8) is 0 Å². The Hall–Kier alpha value is -4.21. The fourth-order valence-corrected chi connectivity index (χ4v) is 6.10. The van der Waals surface area contributed by atoms with E-state index in [1.807, 2.05) is 30.6 Å². The van der Waals surface area contributed by atoms with Crippen molar-refractivity contribution >= 4 is 11.4 Å². The molecule has 3 aliphatic rings. The van der Waals surface area contributed by atoms with Gasteiger partial charge in [0.1, 0.15) is 17.8 Å². The predicted octanol–water partition coefficient (Wildman–Crippen LogP) is 4.44. The summed E-state index contributed by atoms with van der Waals surface area (Å²) in [5.41, 5.74) is 7.03. The molecule has 7 rings (SSSR count). The number of piperidine rings is 1. The molecule has 4 aromatic rings. The van der Waals surface area contributed by atoms with Crippen LogP contribution in [-0.4, -0.2) is 65.3 Å². The first kappa shape index (κ1) is 25.7. The number of H-pyrrole nitrogens is 1. The SMILES string of the molecule is O=c1cc(N2CCOCC2)cc(-c2cccc3c2Oc2ccc(NC4CCN(Cc5cncnc5)CC4)cc2C3)[nH]1. The predicted molar refractivity (Wildman–Crippen MR) is 159 cm³/mol. The van der Waals surface area contributed by atoms with E-state index < -0.39 is 0 Å². The van der Waals surface area contributed by atoms with Crippen molar-refractivity contribution in [2.45, 2.75) is 31.8 Å². The molecule has 41 heavy (non-hydrogen) atoms. The Morgan fingerprint density at radius 2 is 1.78 bits per heavy atom. The molecule has 2 aromatic heterocycles. The summed E-state index contributed by atoms with van der Waals surface area (Å²) in [6.45, 7) is 5.88. The smallest absolute Gasteiger partial charge is 0.250 e. The number of anilines is 2. The molecule has 5 heterocycles. The second kappa shape index (κ2) is 11.3. The molecule has 0 spiro atoms. The lowest BCUT2D eigenvalue weighted by atomic mass is 9.95. The highest BCUT2D eigenvalue weighted by Gasteiger charge is 2.24. The molecule has 0 atom stereocenters. The first-order valence-electron chi connectivity index (χ1n) is 14.4. The van der Waals surface area contributed by atoms with Crippen molar-refractivity contribution in [2.24, 2.45) is 0 Å². The summed E-state index contributed by atoms with van der Waals surface area (Å²) in [5, 5.41) is 3.76. The number of aromatic nitrogens is 3. The quantitative estimate of drug-likeness (QED) is 0.320. The Morgan fingerprint density at radius 3 is 2.61 bits per heavy atom. The maximum absolute atomic E-state index is 12.6. The molecular formula is C32H34N6O3. The van der Waals surface area contributed by atoms with E-state index in [2.05, 4.69) is 54.3 Å². The summed E-state index contributed by atoms with van der Waals surface area (Å²) in [6.07, 6.45) is 8.34. The highest BCUT2D eigenvalue weighted by Crippen LogP contribution is 2.43. The van der Waals surface area contributed by atoms with Crippen LogP contribution in [0.3, 0.4) is 0 Å². The van der Waals surface area contributed by atoms with Crippen LogP contribution in [-0.2, 0) is 17.7 Å². The highest BCUT2D eigenvalue weighted by molar-refractivity contribution is 5.74. The van der Waals surface area contributed by atoms with Gasteiger partial charge in [-0.15, -0.1) is 0 Å². The van der Waals surface area contributed by atoms with Gasteiger partial charge in [-0.05, 0) is 48.7 Å². The van der Waals surface area contributed by atoms with Gasteiger partial charge in [-0.2, -0.15) is 0 Å². The molecule has 0 saturated carbocycles. The monoisotopic (exact) mass is 550 g/mol. The Labute approximate surface area is 239 Å². The number of morpholine rings is 1. The van der Waals surface area contributed by atoms with E-state index in [9.17, 15) is 4.79 Å². The molecule has 0 amide bonds. The zero-order chi connectivity index (χ0) is 27.6. The number of hydrogen-bond donors (Lipinski definition) is 2. The molecule has 2 saturated heterocycles. The third kappa shape index (κ3) is 5.68. The first-order valence-corrected chi connectivity index (χ1v) is 14.4. The van der Waals surface area contributed by atoms with Crippen molar-refractivity contribution < 1.29 is 9.47 Å². The largest absolute Gasteiger partial charge is 0.456 e. The van der Waals surface area contributed by atoms with E-state index in [0.717, 1.165) is 103 Å². The Balaban J connectivity index is 1.05. The number of likely N-dealkylation sites (tertiary alicyclic amines) is 1. The number of hydrogen-bond acceptors (Lipinski definition) is 8. The highest BCUT2D eigenvalue weighted by atomic mass is 16.5. The number of para-hydroxylation sites is 1. The Morgan fingerprint density at radius 1 is 0.951 bits per heavy atom.